The average molecular weight is 544 g/mol. The van der Waals surface area contributed by atoms with Crippen LogP contribution in [0.5, 0.6) is 11.5 Å². The topological polar surface area (TPSA) is 18.5 Å². The summed E-state index contributed by atoms with van der Waals surface area (Å²) in [5.41, 5.74) is 2.14. The first kappa shape index (κ1) is 17.3. The predicted octanol–water partition coefficient (Wildman–Crippen LogP) is 6.48. The molecular weight excluding hydrogens is 532 g/mol. The third-order valence-corrected chi connectivity index (χ3v) is 5.66. The molecule has 2 nitrogen and oxygen atoms in total. The molecule has 0 radical (unpaired) electrons. The first-order valence-corrected chi connectivity index (χ1v) is 9.27. The highest BCUT2D eigenvalue weighted by Crippen LogP contribution is 2.44. The van der Waals surface area contributed by atoms with E-state index in [9.17, 15) is 0 Å². The molecule has 2 rings (SSSR count). The summed E-state index contributed by atoms with van der Waals surface area (Å²) in [7, 11) is 3.29. The van der Waals surface area contributed by atoms with Gasteiger partial charge in [-0.3, -0.25) is 0 Å². The van der Waals surface area contributed by atoms with Crippen LogP contribution in [0, 0.1) is 0 Å². The minimum atomic E-state index is 0.00320. The van der Waals surface area contributed by atoms with Crippen LogP contribution in [0.2, 0.25) is 0 Å². The van der Waals surface area contributed by atoms with Gasteiger partial charge in [-0.2, -0.15) is 0 Å². The molecule has 0 spiro atoms. The SMILES string of the molecule is COc1ccc(C(Br)c2cc(Br)cc(Br)c2)c(OC)c1Br. The number of rotatable bonds is 4. The second-order valence-corrected chi connectivity index (χ2v) is 7.81. The molecule has 0 heterocycles. The fourth-order valence-corrected chi connectivity index (χ4v) is 4.66. The van der Waals surface area contributed by atoms with Crippen molar-refractivity contribution in [2.75, 3.05) is 14.2 Å². The second-order valence-electron chi connectivity index (χ2n) is 4.27. The van der Waals surface area contributed by atoms with E-state index in [2.05, 4.69) is 75.9 Å². The minimum Gasteiger partial charge on any atom is -0.495 e. The third kappa shape index (κ3) is 3.84. The maximum absolute atomic E-state index is 5.54. The van der Waals surface area contributed by atoms with Crippen LogP contribution in [-0.4, -0.2) is 14.2 Å². The number of alkyl halides is 1. The molecular formula is C15H12Br4O2. The molecule has 0 aromatic heterocycles. The molecule has 0 N–H and O–H groups in total. The van der Waals surface area contributed by atoms with Gasteiger partial charge in [-0.05, 0) is 45.8 Å². The van der Waals surface area contributed by atoms with Gasteiger partial charge in [0.15, 0.2) is 0 Å². The van der Waals surface area contributed by atoms with Crippen molar-refractivity contribution in [3.8, 4) is 11.5 Å². The summed E-state index contributed by atoms with van der Waals surface area (Å²) in [5.74, 6) is 1.50. The molecule has 6 heteroatoms. The van der Waals surface area contributed by atoms with Gasteiger partial charge < -0.3 is 9.47 Å². The van der Waals surface area contributed by atoms with E-state index in [-0.39, 0.29) is 4.83 Å². The molecule has 112 valence electrons. The standard InChI is InChI=1S/C15H12Br4O2/c1-20-12-4-3-11(15(21-2)14(12)19)13(18)8-5-9(16)7-10(17)6-8/h3-7,13H,1-2H3. The van der Waals surface area contributed by atoms with Crippen LogP contribution in [-0.2, 0) is 0 Å². The number of ether oxygens (including phenoxy) is 2. The molecule has 0 saturated carbocycles. The molecule has 0 fully saturated rings. The Hall–Kier alpha value is -0.0400. The normalized spacial score (nSPS) is 12.1. The molecule has 0 aliphatic rings. The summed E-state index contributed by atoms with van der Waals surface area (Å²) in [6.45, 7) is 0. The van der Waals surface area contributed by atoms with Gasteiger partial charge in [0.25, 0.3) is 0 Å². The van der Waals surface area contributed by atoms with Gasteiger partial charge in [0.2, 0.25) is 0 Å². The monoisotopic (exact) mass is 540 g/mol. The van der Waals surface area contributed by atoms with Crippen molar-refractivity contribution in [2.45, 2.75) is 4.83 Å². The van der Waals surface area contributed by atoms with Crippen molar-refractivity contribution in [1.29, 1.82) is 0 Å². The van der Waals surface area contributed by atoms with E-state index in [0.29, 0.717) is 0 Å². The summed E-state index contributed by atoms with van der Waals surface area (Å²) in [6, 6.07) is 10.1. The van der Waals surface area contributed by atoms with E-state index in [0.717, 1.165) is 36.0 Å². The molecule has 0 saturated heterocycles. The van der Waals surface area contributed by atoms with E-state index >= 15 is 0 Å². The molecule has 1 atom stereocenters. The van der Waals surface area contributed by atoms with Crippen LogP contribution in [0.1, 0.15) is 16.0 Å². The lowest BCUT2D eigenvalue weighted by atomic mass is 10.0. The van der Waals surface area contributed by atoms with E-state index < -0.39 is 0 Å². The highest BCUT2D eigenvalue weighted by molar-refractivity contribution is 9.11. The number of halogens is 4. The van der Waals surface area contributed by atoms with Crippen LogP contribution in [0.3, 0.4) is 0 Å². The van der Waals surface area contributed by atoms with Gasteiger partial charge in [0.05, 0.1) is 19.0 Å². The summed E-state index contributed by atoms with van der Waals surface area (Å²) < 4.78 is 13.7. The van der Waals surface area contributed by atoms with E-state index in [1.165, 1.54) is 0 Å². The first-order chi connectivity index (χ1) is 9.97. The van der Waals surface area contributed by atoms with Gasteiger partial charge >= 0.3 is 0 Å². The quantitative estimate of drug-likeness (QED) is 0.411. The largest absolute Gasteiger partial charge is 0.495 e. The molecule has 0 aliphatic heterocycles. The zero-order chi connectivity index (χ0) is 15.6. The second kappa shape index (κ2) is 7.49. The van der Waals surface area contributed by atoms with Gasteiger partial charge in [0, 0.05) is 14.5 Å². The lowest BCUT2D eigenvalue weighted by Gasteiger charge is -2.18. The maximum atomic E-state index is 5.54. The van der Waals surface area contributed by atoms with Crippen LogP contribution >= 0.6 is 63.7 Å². The Morgan fingerprint density at radius 3 is 2.05 bits per heavy atom. The van der Waals surface area contributed by atoms with E-state index in [4.69, 9.17) is 9.47 Å². The Morgan fingerprint density at radius 1 is 0.905 bits per heavy atom. The lowest BCUT2D eigenvalue weighted by molar-refractivity contribution is 0.386. The lowest BCUT2D eigenvalue weighted by Crippen LogP contribution is -1.99. The molecule has 0 bridgehead atoms. The Kier molecular flexibility index (Phi) is 6.17. The average Bonchev–Trinajstić information content (AvgIpc) is 2.45. The van der Waals surface area contributed by atoms with Crippen molar-refractivity contribution in [3.05, 3.63) is 54.9 Å². The Labute approximate surface area is 157 Å². The van der Waals surface area contributed by atoms with Gasteiger partial charge in [-0.1, -0.05) is 53.9 Å². The molecule has 2 aromatic rings. The summed E-state index contributed by atoms with van der Waals surface area (Å²) in [4.78, 5) is 0.00320. The zero-order valence-corrected chi connectivity index (χ0v) is 17.6. The molecule has 0 amide bonds. The van der Waals surface area contributed by atoms with E-state index in [1.54, 1.807) is 14.2 Å². The van der Waals surface area contributed by atoms with Crippen LogP contribution in [0.25, 0.3) is 0 Å². The van der Waals surface area contributed by atoms with Gasteiger partial charge in [-0.15, -0.1) is 0 Å². The van der Waals surface area contributed by atoms with Crippen LogP contribution < -0.4 is 9.47 Å². The summed E-state index contributed by atoms with van der Waals surface area (Å²) >= 11 is 14.3. The smallest absolute Gasteiger partial charge is 0.141 e. The van der Waals surface area contributed by atoms with Crippen LogP contribution in [0.15, 0.2) is 43.7 Å². The fourth-order valence-electron chi connectivity index (χ4n) is 2.02. The number of benzene rings is 2. The summed E-state index contributed by atoms with van der Waals surface area (Å²) in [6.07, 6.45) is 0. The highest BCUT2D eigenvalue weighted by atomic mass is 79.9. The van der Waals surface area contributed by atoms with Gasteiger partial charge in [0.1, 0.15) is 16.0 Å². The predicted molar refractivity (Wildman–Crippen MR) is 99.9 cm³/mol. The highest BCUT2D eigenvalue weighted by Gasteiger charge is 2.20. The van der Waals surface area contributed by atoms with Gasteiger partial charge in [-0.25, -0.2) is 0 Å². The number of hydrogen-bond acceptors (Lipinski definition) is 2. The minimum absolute atomic E-state index is 0.00320. The maximum Gasteiger partial charge on any atom is 0.141 e. The fraction of sp³-hybridized carbons (Fsp3) is 0.200. The molecule has 21 heavy (non-hydrogen) atoms. The van der Waals surface area contributed by atoms with E-state index in [1.807, 2.05) is 18.2 Å². The number of hydrogen-bond donors (Lipinski definition) is 0. The molecule has 0 aliphatic carbocycles. The Bertz CT molecular complexity index is 638. The molecule has 1 unspecified atom stereocenters. The van der Waals surface area contributed by atoms with Crippen LogP contribution in [0.4, 0.5) is 0 Å². The molecule has 2 aromatic carbocycles. The Morgan fingerprint density at radius 2 is 1.52 bits per heavy atom. The first-order valence-electron chi connectivity index (χ1n) is 5.98. The van der Waals surface area contributed by atoms with Crippen molar-refractivity contribution in [2.24, 2.45) is 0 Å². The van der Waals surface area contributed by atoms with Crippen molar-refractivity contribution in [3.63, 3.8) is 0 Å². The van der Waals surface area contributed by atoms with Crippen molar-refractivity contribution >= 4 is 63.7 Å². The van der Waals surface area contributed by atoms with Crippen molar-refractivity contribution in [1.82, 2.24) is 0 Å². The Balaban J connectivity index is 2.52. The number of methoxy groups -OCH3 is 2. The third-order valence-electron chi connectivity index (χ3n) is 2.97. The van der Waals surface area contributed by atoms with Crippen molar-refractivity contribution < 1.29 is 9.47 Å². The summed E-state index contributed by atoms with van der Waals surface area (Å²) in [5, 5.41) is 0. The zero-order valence-electron chi connectivity index (χ0n) is 11.3.